The van der Waals surface area contributed by atoms with Crippen LogP contribution in [-0.2, 0) is 13.6 Å². The molecule has 8 heteroatoms. The normalized spacial score (nSPS) is 18.0. The van der Waals surface area contributed by atoms with E-state index in [2.05, 4.69) is 30.4 Å². The van der Waals surface area contributed by atoms with Gasteiger partial charge in [-0.1, -0.05) is 6.07 Å². The Bertz CT molecular complexity index is 698. The summed E-state index contributed by atoms with van der Waals surface area (Å²) in [5, 5.41) is 11.6. The highest BCUT2D eigenvalue weighted by molar-refractivity contribution is 5.80. The van der Waals surface area contributed by atoms with Crippen LogP contribution in [0, 0.1) is 6.92 Å². The number of aliphatic imine (C=N–C) groups is 1. The van der Waals surface area contributed by atoms with Gasteiger partial charge in [-0.3, -0.25) is 4.99 Å². The van der Waals surface area contributed by atoms with Crippen molar-refractivity contribution in [1.29, 1.82) is 0 Å². The number of pyridine rings is 1. The Kier molecular flexibility index (Phi) is 4.93. The molecule has 1 unspecified atom stereocenters. The van der Waals surface area contributed by atoms with Gasteiger partial charge >= 0.3 is 0 Å². The lowest BCUT2D eigenvalue weighted by Gasteiger charge is -2.21. The number of hydrogen-bond acceptors (Lipinski definition) is 5. The molecule has 0 amide bonds. The second kappa shape index (κ2) is 7.29. The molecule has 2 aromatic heterocycles. The van der Waals surface area contributed by atoms with Crippen LogP contribution in [0.25, 0.3) is 0 Å². The Morgan fingerprint density at radius 1 is 1.42 bits per heavy atom. The number of likely N-dealkylation sites (tertiary alicyclic amines) is 1. The highest BCUT2D eigenvalue weighted by Gasteiger charge is 2.26. The van der Waals surface area contributed by atoms with E-state index in [4.69, 9.17) is 4.74 Å². The van der Waals surface area contributed by atoms with Crippen molar-refractivity contribution in [2.24, 2.45) is 12.0 Å². The molecule has 3 heterocycles. The molecule has 1 saturated heterocycles. The van der Waals surface area contributed by atoms with Crippen LogP contribution in [-0.4, -0.2) is 56.8 Å². The van der Waals surface area contributed by atoms with Crippen molar-refractivity contribution >= 4 is 5.96 Å². The zero-order valence-corrected chi connectivity index (χ0v) is 14.3. The average Bonchev–Trinajstić information content (AvgIpc) is 3.18. The number of nitrogens with zero attached hydrogens (tertiary/aromatic N) is 6. The SMILES string of the molecule is CN=C(NCc1nnc(C)n1C)N1CCC(Oc2ccccn2)C1. The maximum atomic E-state index is 5.92. The molecule has 24 heavy (non-hydrogen) atoms. The third-order valence-corrected chi connectivity index (χ3v) is 4.17. The van der Waals surface area contributed by atoms with Crippen LogP contribution in [0.15, 0.2) is 29.4 Å². The molecule has 8 nitrogen and oxygen atoms in total. The first-order valence-electron chi connectivity index (χ1n) is 8.05. The predicted molar refractivity (Wildman–Crippen MR) is 90.8 cm³/mol. The molecule has 0 radical (unpaired) electrons. The second-order valence-electron chi connectivity index (χ2n) is 5.77. The minimum absolute atomic E-state index is 0.121. The summed E-state index contributed by atoms with van der Waals surface area (Å²) in [6, 6.07) is 5.69. The van der Waals surface area contributed by atoms with Gasteiger partial charge in [0.05, 0.1) is 13.1 Å². The van der Waals surface area contributed by atoms with Crippen LogP contribution < -0.4 is 10.1 Å². The predicted octanol–water partition coefficient (Wildman–Crippen LogP) is 0.747. The minimum Gasteiger partial charge on any atom is -0.472 e. The fourth-order valence-corrected chi connectivity index (χ4v) is 2.70. The lowest BCUT2D eigenvalue weighted by Crippen LogP contribution is -2.40. The van der Waals surface area contributed by atoms with Crippen molar-refractivity contribution in [3.63, 3.8) is 0 Å². The number of aryl methyl sites for hydroxylation is 1. The summed E-state index contributed by atoms with van der Waals surface area (Å²) >= 11 is 0. The molecule has 128 valence electrons. The van der Waals surface area contributed by atoms with Crippen LogP contribution >= 0.6 is 0 Å². The molecule has 1 aliphatic rings. The van der Waals surface area contributed by atoms with E-state index in [0.29, 0.717) is 12.4 Å². The molecule has 1 N–H and O–H groups in total. The largest absolute Gasteiger partial charge is 0.472 e. The number of ether oxygens (including phenoxy) is 1. The molecule has 1 fully saturated rings. The topological polar surface area (TPSA) is 80.5 Å². The lowest BCUT2D eigenvalue weighted by atomic mass is 10.3. The number of aromatic nitrogens is 4. The maximum Gasteiger partial charge on any atom is 0.213 e. The van der Waals surface area contributed by atoms with E-state index in [1.165, 1.54) is 0 Å². The van der Waals surface area contributed by atoms with Gasteiger partial charge in [0.1, 0.15) is 11.9 Å². The highest BCUT2D eigenvalue weighted by Crippen LogP contribution is 2.16. The van der Waals surface area contributed by atoms with Crippen molar-refractivity contribution in [1.82, 2.24) is 30.0 Å². The van der Waals surface area contributed by atoms with Crippen LogP contribution in [0.2, 0.25) is 0 Å². The molecule has 0 bridgehead atoms. The van der Waals surface area contributed by atoms with Gasteiger partial charge in [-0.05, 0) is 13.0 Å². The van der Waals surface area contributed by atoms with Crippen molar-refractivity contribution in [2.75, 3.05) is 20.1 Å². The molecular formula is C16H23N7O. The van der Waals surface area contributed by atoms with Gasteiger partial charge in [0.2, 0.25) is 5.88 Å². The van der Waals surface area contributed by atoms with E-state index in [-0.39, 0.29) is 6.10 Å². The molecule has 3 rings (SSSR count). The summed E-state index contributed by atoms with van der Waals surface area (Å²) in [5.41, 5.74) is 0. The molecule has 0 aliphatic carbocycles. The second-order valence-corrected chi connectivity index (χ2v) is 5.77. The van der Waals surface area contributed by atoms with Crippen LogP contribution in [0.5, 0.6) is 5.88 Å². The molecular weight excluding hydrogens is 306 g/mol. The van der Waals surface area contributed by atoms with E-state index in [1.54, 1.807) is 13.2 Å². The zero-order chi connectivity index (χ0) is 16.9. The van der Waals surface area contributed by atoms with Crippen LogP contribution in [0.4, 0.5) is 0 Å². The van der Waals surface area contributed by atoms with Gasteiger partial charge in [-0.15, -0.1) is 10.2 Å². The van der Waals surface area contributed by atoms with Gasteiger partial charge < -0.3 is 19.5 Å². The highest BCUT2D eigenvalue weighted by atomic mass is 16.5. The molecule has 0 aromatic carbocycles. The monoisotopic (exact) mass is 329 g/mol. The molecule has 1 atom stereocenters. The molecule has 0 spiro atoms. The van der Waals surface area contributed by atoms with E-state index in [1.807, 2.05) is 36.7 Å². The summed E-state index contributed by atoms with van der Waals surface area (Å²) in [5.74, 6) is 3.30. The Hall–Kier alpha value is -2.64. The van der Waals surface area contributed by atoms with Gasteiger partial charge in [-0.2, -0.15) is 0 Å². The number of rotatable bonds is 4. The Labute approximate surface area is 141 Å². The number of nitrogens with one attached hydrogen (secondary N) is 1. The first kappa shape index (κ1) is 16.2. The summed E-state index contributed by atoms with van der Waals surface area (Å²) in [4.78, 5) is 10.8. The fraction of sp³-hybridized carbons (Fsp3) is 0.500. The summed E-state index contributed by atoms with van der Waals surface area (Å²) < 4.78 is 7.89. The van der Waals surface area contributed by atoms with E-state index in [0.717, 1.165) is 37.1 Å². The van der Waals surface area contributed by atoms with Crippen molar-refractivity contribution in [3.05, 3.63) is 36.0 Å². The van der Waals surface area contributed by atoms with Crippen molar-refractivity contribution in [3.8, 4) is 5.88 Å². The third-order valence-electron chi connectivity index (χ3n) is 4.17. The Balaban J connectivity index is 1.54. The van der Waals surface area contributed by atoms with E-state index < -0.39 is 0 Å². The summed E-state index contributed by atoms with van der Waals surface area (Å²) in [6.45, 7) is 4.21. The van der Waals surface area contributed by atoms with Crippen LogP contribution in [0.1, 0.15) is 18.1 Å². The smallest absolute Gasteiger partial charge is 0.213 e. The first-order chi connectivity index (χ1) is 11.7. The fourth-order valence-electron chi connectivity index (χ4n) is 2.70. The van der Waals surface area contributed by atoms with Gasteiger partial charge in [0.25, 0.3) is 0 Å². The summed E-state index contributed by atoms with van der Waals surface area (Å²) in [6.07, 6.45) is 2.81. The number of hydrogen-bond donors (Lipinski definition) is 1. The van der Waals surface area contributed by atoms with Crippen LogP contribution in [0.3, 0.4) is 0 Å². The standard InChI is InChI=1S/C16H23N7O/c1-12-20-21-14(22(12)3)10-19-16(17-2)23-9-7-13(11-23)24-15-6-4-5-8-18-15/h4-6,8,13H,7,9-11H2,1-3H3,(H,17,19). The van der Waals surface area contributed by atoms with E-state index >= 15 is 0 Å². The molecule has 0 saturated carbocycles. The third kappa shape index (κ3) is 3.64. The molecule has 1 aliphatic heterocycles. The lowest BCUT2D eigenvalue weighted by molar-refractivity contribution is 0.205. The van der Waals surface area contributed by atoms with E-state index in [9.17, 15) is 0 Å². The van der Waals surface area contributed by atoms with Gasteiger partial charge in [0.15, 0.2) is 11.8 Å². The number of guanidine groups is 1. The van der Waals surface area contributed by atoms with Crippen molar-refractivity contribution < 1.29 is 4.74 Å². The van der Waals surface area contributed by atoms with Gasteiger partial charge in [-0.25, -0.2) is 4.98 Å². The first-order valence-corrected chi connectivity index (χ1v) is 8.05. The Morgan fingerprint density at radius 2 is 2.29 bits per heavy atom. The zero-order valence-electron chi connectivity index (χ0n) is 14.3. The average molecular weight is 329 g/mol. The van der Waals surface area contributed by atoms with Gasteiger partial charge in [0, 0.05) is 39.3 Å². The van der Waals surface area contributed by atoms with Crippen molar-refractivity contribution in [2.45, 2.75) is 26.0 Å². The Morgan fingerprint density at radius 3 is 2.96 bits per heavy atom. The molecule has 2 aromatic rings. The quantitative estimate of drug-likeness (QED) is 0.658. The maximum absolute atomic E-state index is 5.92. The summed E-state index contributed by atoms with van der Waals surface area (Å²) in [7, 11) is 3.75. The minimum atomic E-state index is 0.121.